The number of aromatic amines is 1. The summed E-state index contributed by atoms with van der Waals surface area (Å²) in [6.07, 6.45) is 1.69. The third-order valence-corrected chi connectivity index (χ3v) is 3.18. The molecule has 23 heavy (non-hydrogen) atoms. The predicted molar refractivity (Wildman–Crippen MR) is 87.8 cm³/mol. The number of ether oxygens (including phenoxy) is 1. The van der Waals surface area contributed by atoms with Crippen LogP contribution in [-0.4, -0.2) is 19.1 Å². The summed E-state index contributed by atoms with van der Waals surface area (Å²) in [6.45, 7) is 6.16. The van der Waals surface area contributed by atoms with E-state index in [0.29, 0.717) is 29.2 Å². The Morgan fingerprint density at radius 1 is 1.43 bits per heavy atom. The Kier molecular flexibility index (Phi) is 5.48. The van der Waals surface area contributed by atoms with Crippen molar-refractivity contribution in [2.45, 2.75) is 6.92 Å². The number of hydrogen-bond donors (Lipinski definition) is 1. The zero-order valence-electron chi connectivity index (χ0n) is 12.9. The zero-order valence-corrected chi connectivity index (χ0v) is 12.9. The van der Waals surface area contributed by atoms with E-state index in [9.17, 15) is 10.1 Å². The summed E-state index contributed by atoms with van der Waals surface area (Å²) in [5.41, 5.74) is 2.12. The number of anilines is 1. The van der Waals surface area contributed by atoms with Gasteiger partial charge in [0.2, 0.25) is 0 Å². The molecule has 0 radical (unpaired) electrons. The van der Waals surface area contributed by atoms with Gasteiger partial charge < -0.3 is 4.74 Å². The topological polar surface area (TPSA) is 76.3 Å². The molecular formula is C18H18N3O2+. The van der Waals surface area contributed by atoms with Crippen LogP contribution in [0.5, 0.6) is 0 Å². The third-order valence-electron chi connectivity index (χ3n) is 3.18. The van der Waals surface area contributed by atoms with Crippen LogP contribution in [0.3, 0.4) is 0 Å². The highest BCUT2D eigenvalue weighted by atomic mass is 16.5. The molecule has 116 valence electrons. The number of benzene rings is 1. The Labute approximate surface area is 135 Å². The molecule has 1 aromatic carbocycles. The van der Waals surface area contributed by atoms with Gasteiger partial charge in [0.25, 0.3) is 5.82 Å². The van der Waals surface area contributed by atoms with Gasteiger partial charge in [-0.1, -0.05) is 43.0 Å². The van der Waals surface area contributed by atoms with Crippen molar-refractivity contribution in [3.8, 4) is 17.3 Å². The lowest BCUT2D eigenvalue weighted by molar-refractivity contribution is -0.348. The van der Waals surface area contributed by atoms with Crippen LogP contribution in [0.1, 0.15) is 22.8 Å². The van der Waals surface area contributed by atoms with Crippen LogP contribution in [0.15, 0.2) is 49.1 Å². The molecule has 5 nitrogen and oxygen atoms in total. The van der Waals surface area contributed by atoms with Crippen LogP contribution in [0, 0.1) is 11.3 Å². The number of pyridine rings is 1. The number of H-pyrrole nitrogens is 1. The molecule has 0 aliphatic carbocycles. The number of carbonyl (C=O) groups is 1. The molecule has 0 saturated carbocycles. The van der Waals surface area contributed by atoms with Gasteiger partial charge in [0.1, 0.15) is 29.4 Å². The second-order valence-electron chi connectivity index (χ2n) is 4.71. The van der Waals surface area contributed by atoms with E-state index >= 15 is 0 Å². The van der Waals surface area contributed by atoms with E-state index in [1.165, 1.54) is 0 Å². The maximum absolute atomic E-state index is 12.2. The smallest absolute Gasteiger partial charge is 0.342 e. The minimum Gasteiger partial charge on any atom is -0.462 e. The van der Waals surface area contributed by atoms with Crippen LogP contribution in [0.4, 0.5) is 5.82 Å². The first-order valence-electron chi connectivity index (χ1n) is 7.29. The van der Waals surface area contributed by atoms with Gasteiger partial charge in [-0.2, -0.15) is 5.26 Å². The summed E-state index contributed by atoms with van der Waals surface area (Å²) >= 11 is 0. The summed E-state index contributed by atoms with van der Waals surface area (Å²) < 4.78 is 5.11. The molecule has 1 aromatic heterocycles. The number of hydrogen-bond acceptors (Lipinski definition) is 4. The van der Waals surface area contributed by atoms with Crippen LogP contribution >= 0.6 is 0 Å². The lowest BCUT2D eigenvalue weighted by Crippen LogP contribution is -2.22. The molecule has 0 aliphatic rings. The lowest BCUT2D eigenvalue weighted by Gasteiger charge is -2.09. The highest BCUT2D eigenvalue weighted by Gasteiger charge is 2.22. The minimum atomic E-state index is -0.464. The van der Waals surface area contributed by atoms with E-state index in [1.54, 1.807) is 19.1 Å². The van der Waals surface area contributed by atoms with Crippen molar-refractivity contribution in [3.05, 3.63) is 60.2 Å². The molecule has 0 amide bonds. The number of rotatable bonds is 6. The average Bonchev–Trinajstić information content (AvgIpc) is 2.60. The second kappa shape index (κ2) is 7.76. The Morgan fingerprint density at radius 2 is 2.17 bits per heavy atom. The van der Waals surface area contributed by atoms with Gasteiger partial charge in [-0.3, -0.25) is 5.32 Å². The van der Waals surface area contributed by atoms with Crippen molar-refractivity contribution in [1.82, 2.24) is 0 Å². The van der Waals surface area contributed by atoms with Crippen LogP contribution in [-0.2, 0) is 4.74 Å². The van der Waals surface area contributed by atoms with Crippen LogP contribution in [0.2, 0.25) is 0 Å². The van der Waals surface area contributed by atoms with Gasteiger partial charge in [-0.25, -0.2) is 9.78 Å². The van der Waals surface area contributed by atoms with E-state index in [0.717, 1.165) is 5.56 Å². The number of nitrogens with zero attached hydrogens (tertiary/aromatic N) is 1. The second-order valence-corrected chi connectivity index (χ2v) is 4.71. The molecule has 0 atom stereocenters. The number of esters is 1. The minimum absolute atomic E-state index is 0.269. The van der Waals surface area contributed by atoms with E-state index in [2.05, 4.69) is 22.9 Å². The highest BCUT2D eigenvalue weighted by molar-refractivity contribution is 5.96. The quantitative estimate of drug-likeness (QED) is 0.657. The first-order valence-corrected chi connectivity index (χ1v) is 7.29. The summed E-state index contributed by atoms with van der Waals surface area (Å²) in [4.78, 5) is 15.4. The Hall–Kier alpha value is -3.13. The molecule has 2 rings (SSSR count). The summed E-state index contributed by atoms with van der Waals surface area (Å²) in [7, 11) is 0. The fourth-order valence-corrected chi connectivity index (χ4v) is 2.15. The number of carbonyl (C=O) groups excluding carboxylic acids is 1. The van der Waals surface area contributed by atoms with E-state index < -0.39 is 5.97 Å². The number of aromatic nitrogens is 1. The molecule has 0 spiro atoms. The molecular weight excluding hydrogens is 290 g/mol. The highest BCUT2D eigenvalue weighted by Crippen LogP contribution is 2.23. The monoisotopic (exact) mass is 308 g/mol. The van der Waals surface area contributed by atoms with Crippen molar-refractivity contribution in [1.29, 1.82) is 5.26 Å². The lowest BCUT2D eigenvalue weighted by atomic mass is 10.0. The fourth-order valence-electron chi connectivity index (χ4n) is 2.15. The van der Waals surface area contributed by atoms with Crippen molar-refractivity contribution in [2.75, 3.05) is 18.5 Å². The Balaban J connectivity index is 2.62. The maximum atomic E-state index is 12.2. The molecule has 0 unspecified atom stereocenters. The van der Waals surface area contributed by atoms with E-state index in [1.807, 2.05) is 30.3 Å². The van der Waals surface area contributed by atoms with Gasteiger partial charge in [-0.05, 0) is 13.0 Å². The average molecular weight is 308 g/mol. The van der Waals surface area contributed by atoms with E-state index in [4.69, 9.17) is 4.74 Å². The first-order chi connectivity index (χ1) is 11.2. The van der Waals surface area contributed by atoms with Gasteiger partial charge in [-0.15, -0.1) is 0 Å². The van der Waals surface area contributed by atoms with Gasteiger partial charge in [0, 0.05) is 5.56 Å². The standard InChI is InChI=1S/C18H17N3O2/c1-3-10-20-17-14(12-19)11-15(18(22)23-4-2)16(21-17)13-8-6-5-7-9-13/h3,5-9,11H,1,4,10H2,2H3,(H,20,21)/p+1. The normalized spacial score (nSPS) is 9.74. The predicted octanol–water partition coefficient (Wildman–Crippen LogP) is 2.81. The Bertz CT molecular complexity index is 749. The molecule has 1 heterocycles. The van der Waals surface area contributed by atoms with E-state index in [-0.39, 0.29) is 6.61 Å². The zero-order chi connectivity index (χ0) is 16.7. The maximum Gasteiger partial charge on any atom is 0.342 e. The van der Waals surface area contributed by atoms with Crippen LogP contribution < -0.4 is 10.3 Å². The summed E-state index contributed by atoms with van der Waals surface area (Å²) in [6, 6.07) is 13.1. The molecule has 0 aliphatic heterocycles. The summed E-state index contributed by atoms with van der Waals surface area (Å²) in [5, 5.41) is 12.4. The number of nitrogens with one attached hydrogen (secondary N) is 2. The largest absolute Gasteiger partial charge is 0.462 e. The van der Waals surface area contributed by atoms with Gasteiger partial charge in [0.05, 0.1) is 6.61 Å². The SMILES string of the molecule is C=CCNc1[nH+]c(-c2ccccc2)c(C(=O)OCC)cc1C#N. The third kappa shape index (κ3) is 3.74. The van der Waals surface area contributed by atoms with Crippen LogP contribution in [0.25, 0.3) is 11.3 Å². The van der Waals surface area contributed by atoms with Gasteiger partial charge >= 0.3 is 5.97 Å². The molecule has 2 N–H and O–H groups in total. The molecule has 0 saturated heterocycles. The fraction of sp³-hybridized carbons (Fsp3) is 0.167. The van der Waals surface area contributed by atoms with Crippen molar-refractivity contribution in [3.63, 3.8) is 0 Å². The molecule has 2 aromatic rings. The Morgan fingerprint density at radius 3 is 2.78 bits per heavy atom. The van der Waals surface area contributed by atoms with Crippen molar-refractivity contribution in [2.24, 2.45) is 0 Å². The van der Waals surface area contributed by atoms with Crippen molar-refractivity contribution >= 4 is 11.8 Å². The number of nitriles is 1. The van der Waals surface area contributed by atoms with Gasteiger partial charge in [0.15, 0.2) is 0 Å². The first kappa shape index (κ1) is 16.2. The molecule has 0 fully saturated rings. The molecule has 5 heteroatoms. The summed E-state index contributed by atoms with van der Waals surface area (Å²) in [5.74, 6) is 0.0775. The molecule has 0 bridgehead atoms. The van der Waals surface area contributed by atoms with Crippen molar-refractivity contribution < 1.29 is 14.5 Å².